The lowest BCUT2D eigenvalue weighted by Crippen LogP contribution is -2.21. The van der Waals surface area contributed by atoms with E-state index in [1.807, 2.05) is 0 Å². The van der Waals surface area contributed by atoms with Gasteiger partial charge in [0, 0.05) is 17.8 Å². The van der Waals surface area contributed by atoms with Crippen molar-refractivity contribution in [3.8, 4) is 5.75 Å². The minimum atomic E-state index is 0.551. The molecule has 1 saturated heterocycles. The minimum absolute atomic E-state index is 0.551. The van der Waals surface area contributed by atoms with E-state index in [-0.39, 0.29) is 0 Å². The zero-order valence-electron chi connectivity index (χ0n) is 10.1. The number of aromatic nitrogens is 1. The zero-order chi connectivity index (χ0) is 11.8. The van der Waals surface area contributed by atoms with Gasteiger partial charge in [-0.05, 0) is 67.4 Å². The number of hydrogen-bond donors (Lipinski definition) is 0. The van der Waals surface area contributed by atoms with Gasteiger partial charge in [-0.25, -0.2) is 4.98 Å². The summed E-state index contributed by atoms with van der Waals surface area (Å²) in [4.78, 5) is 6.95. The van der Waals surface area contributed by atoms with Crippen LogP contribution in [0.5, 0.6) is 5.75 Å². The van der Waals surface area contributed by atoms with Gasteiger partial charge in [-0.3, -0.25) is 4.90 Å². The normalized spacial score (nSPS) is 24.5. The van der Waals surface area contributed by atoms with Crippen LogP contribution in [0.15, 0.2) is 6.20 Å². The van der Waals surface area contributed by atoms with E-state index in [1.54, 1.807) is 0 Å². The molecule has 0 aliphatic carbocycles. The first-order valence-corrected chi connectivity index (χ1v) is 7.35. The number of rotatable bonds is 1. The Kier molecular flexibility index (Phi) is 3.25. The van der Waals surface area contributed by atoms with Crippen molar-refractivity contribution >= 4 is 22.6 Å². The van der Waals surface area contributed by atoms with Crippen molar-refractivity contribution in [2.75, 3.05) is 20.2 Å². The molecule has 0 saturated carbocycles. The second-order valence-electron chi connectivity index (χ2n) is 4.90. The molecule has 1 fully saturated rings. The Balaban J connectivity index is 2.04. The average Bonchev–Trinajstić information content (AvgIpc) is 2.77. The Labute approximate surface area is 116 Å². The highest BCUT2D eigenvalue weighted by molar-refractivity contribution is 14.1. The highest BCUT2D eigenvalue weighted by Gasteiger charge is 2.28. The second kappa shape index (κ2) is 4.72. The highest BCUT2D eigenvalue weighted by atomic mass is 127. The van der Waals surface area contributed by atoms with Gasteiger partial charge in [-0.2, -0.15) is 0 Å². The van der Waals surface area contributed by atoms with Crippen LogP contribution in [-0.4, -0.2) is 30.1 Å². The molecule has 0 aromatic carbocycles. The largest absolute Gasteiger partial charge is 0.491 e. The van der Waals surface area contributed by atoms with E-state index >= 15 is 0 Å². The van der Waals surface area contributed by atoms with Gasteiger partial charge in [0.15, 0.2) is 5.75 Å². The van der Waals surface area contributed by atoms with E-state index in [1.165, 1.54) is 30.5 Å². The van der Waals surface area contributed by atoms with E-state index in [0.717, 1.165) is 28.9 Å². The molecule has 1 aromatic rings. The number of likely N-dealkylation sites (tertiary alicyclic amines) is 1. The third-order valence-corrected chi connectivity index (χ3v) is 4.59. The molecule has 2 aliphatic heterocycles. The molecule has 17 heavy (non-hydrogen) atoms. The maximum atomic E-state index is 5.80. The van der Waals surface area contributed by atoms with Crippen molar-refractivity contribution in [1.82, 2.24) is 9.88 Å². The first-order valence-electron chi connectivity index (χ1n) is 6.27. The summed E-state index contributed by atoms with van der Waals surface area (Å²) in [6.07, 6.45) is 6.90. The summed E-state index contributed by atoms with van der Waals surface area (Å²) >= 11 is 2.28. The van der Waals surface area contributed by atoms with Gasteiger partial charge in [0.25, 0.3) is 0 Å². The molecule has 0 bridgehead atoms. The fourth-order valence-corrected chi connectivity index (χ4v) is 3.56. The zero-order valence-corrected chi connectivity index (χ0v) is 12.2. The number of pyridine rings is 1. The summed E-state index contributed by atoms with van der Waals surface area (Å²) in [5.74, 6) is 1.05. The van der Waals surface area contributed by atoms with Crippen LogP contribution in [0.2, 0.25) is 0 Å². The molecule has 3 heterocycles. The summed E-state index contributed by atoms with van der Waals surface area (Å²) in [5.41, 5.74) is 2.81. The SMILES string of the molecule is CN1CCC[C@H]1c1cnc(I)c2c1CCCO2. The van der Waals surface area contributed by atoms with Crippen LogP contribution in [-0.2, 0) is 6.42 Å². The van der Waals surface area contributed by atoms with Crippen molar-refractivity contribution < 1.29 is 4.74 Å². The molecule has 2 aliphatic rings. The van der Waals surface area contributed by atoms with Gasteiger partial charge in [-0.1, -0.05) is 0 Å². The Bertz CT molecular complexity index is 436. The summed E-state index contributed by atoms with van der Waals surface area (Å²) in [6.45, 7) is 2.04. The van der Waals surface area contributed by atoms with Gasteiger partial charge >= 0.3 is 0 Å². The van der Waals surface area contributed by atoms with Crippen LogP contribution in [0.25, 0.3) is 0 Å². The molecule has 0 spiro atoms. The molecule has 1 atom stereocenters. The molecule has 3 nitrogen and oxygen atoms in total. The second-order valence-corrected chi connectivity index (χ2v) is 5.92. The van der Waals surface area contributed by atoms with Gasteiger partial charge in [0.05, 0.1) is 6.61 Å². The first-order chi connectivity index (χ1) is 8.27. The van der Waals surface area contributed by atoms with Gasteiger partial charge in [0.1, 0.15) is 3.70 Å². The van der Waals surface area contributed by atoms with Crippen LogP contribution < -0.4 is 4.74 Å². The van der Waals surface area contributed by atoms with E-state index in [9.17, 15) is 0 Å². The maximum Gasteiger partial charge on any atom is 0.154 e. The van der Waals surface area contributed by atoms with Gasteiger partial charge in [0.2, 0.25) is 0 Å². The lowest BCUT2D eigenvalue weighted by Gasteiger charge is -2.26. The smallest absolute Gasteiger partial charge is 0.154 e. The first kappa shape index (κ1) is 11.7. The number of hydrogen-bond acceptors (Lipinski definition) is 3. The fourth-order valence-electron chi connectivity index (χ4n) is 2.94. The molecular weight excluding hydrogens is 327 g/mol. The van der Waals surface area contributed by atoms with Crippen molar-refractivity contribution in [2.24, 2.45) is 0 Å². The van der Waals surface area contributed by atoms with Crippen LogP contribution in [0, 0.1) is 3.70 Å². The monoisotopic (exact) mass is 344 g/mol. The topological polar surface area (TPSA) is 25.4 Å². The Morgan fingerprint density at radius 2 is 2.35 bits per heavy atom. The van der Waals surface area contributed by atoms with Crippen molar-refractivity contribution in [3.63, 3.8) is 0 Å². The maximum absolute atomic E-state index is 5.80. The average molecular weight is 344 g/mol. The minimum Gasteiger partial charge on any atom is -0.491 e. The Morgan fingerprint density at radius 3 is 3.12 bits per heavy atom. The predicted octanol–water partition coefficient (Wildman–Crippen LogP) is 2.78. The predicted molar refractivity (Wildman–Crippen MR) is 75.4 cm³/mol. The quantitative estimate of drug-likeness (QED) is 0.579. The third-order valence-electron chi connectivity index (χ3n) is 3.82. The van der Waals surface area contributed by atoms with Gasteiger partial charge in [-0.15, -0.1) is 0 Å². The van der Waals surface area contributed by atoms with Crippen LogP contribution in [0.1, 0.15) is 36.4 Å². The molecule has 3 rings (SSSR count). The summed E-state index contributed by atoms with van der Waals surface area (Å²) in [7, 11) is 2.21. The molecule has 1 aromatic heterocycles. The van der Waals surface area contributed by atoms with E-state index in [4.69, 9.17) is 4.74 Å². The Hall–Kier alpha value is -0.360. The number of halogens is 1. The molecule has 0 N–H and O–H groups in total. The molecule has 0 unspecified atom stereocenters. The van der Waals surface area contributed by atoms with E-state index in [0.29, 0.717) is 6.04 Å². The number of nitrogens with zero attached hydrogens (tertiary/aromatic N) is 2. The van der Waals surface area contributed by atoms with Crippen LogP contribution in [0.3, 0.4) is 0 Å². The molecule has 4 heteroatoms. The van der Waals surface area contributed by atoms with Crippen LogP contribution in [0.4, 0.5) is 0 Å². The van der Waals surface area contributed by atoms with E-state index in [2.05, 4.69) is 45.7 Å². The molecule has 0 radical (unpaired) electrons. The summed E-state index contributed by atoms with van der Waals surface area (Å²) in [6, 6.07) is 0.551. The standard InChI is InChI=1S/C13H17IN2O/c1-16-6-2-5-11(16)10-8-15-13(14)12-9(10)4-3-7-17-12/h8,11H,2-7H2,1H3/t11-/m0/s1. The third kappa shape index (κ3) is 2.05. The summed E-state index contributed by atoms with van der Waals surface area (Å²) in [5, 5.41) is 0. The highest BCUT2D eigenvalue weighted by Crippen LogP contribution is 2.39. The number of fused-ring (bicyclic) bond motifs is 1. The van der Waals surface area contributed by atoms with Gasteiger partial charge < -0.3 is 4.74 Å². The fraction of sp³-hybridized carbons (Fsp3) is 0.615. The van der Waals surface area contributed by atoms with Crippen molar-refractivity contribution in [2.45, 2.75) is 31.7 Å². The van der Waals surface area contributed by atoms with E-state index < -0.39 is 0 Å². The molecular formula is C13H17IN2O. The van der Waals surface area contributed by atoms with Crippen LogP contribution >= 0.6 is 22.6 Å². The lowest BCUT2D eigenvalue weighted by atomic mass is 9.96. The Morgan fingerprint density at radius 1 is 1.47 bits per heavy atom. The number of ether oxygens (including phenoxy) is 1. The molecule has 92 valence electrons. The van der Waals surface area contributed by atoms with Crippen molar-refractivity contribution in [1.29, 1.82) is 0 Å². The van der Waals surface area contributed by atoms with Crippen molar-refractivity contribution in [3.05, 3.63) is 21.0 Å². The molecule has 0 amide bonds. The lowest BCUT2D eigenvalue weighted by molar-refractivity contribution is 0.275. The summed E-state index contributed by atoms with van der Waals surface area (Å²) < 4.78 is 6.82.